The first-order valence-corrected chi connectivity index (χ1v) is 15.6. The molecule has 3 aromatic heterocycles. The molecule has 0 saturated heterocycles. The molecule has 234 valence electrons. The summed E-state index contributed by atoms with van der Waals surface area (Å²) in [4.78, 5) is 24.4. The van der Waals surface area contributed by atoms with Crippen LogP contribution in [0.2, 0.25) is 0 Å². The number of nitrogen functional groups attached to an aromatic ring is 1. The third kappa shape index (κ3) is 6.47. The number of carbonyl (C=O) groups is 1. The Hall–Kier alpha value is -4.57. The topological polar surface area (TPSA) is 125 Å². The van der Waals surface area contributed by atoms with Crippen molar-refractivity contribution < 1.29 is 14.1 Å². The van der Waals surface area contributed by atoms with Gasteiger partial charge in [0.25, 0.3) is 0 Å². The molecule has 5 aromatic rings. The molecular formula is C35H41N7O3. The van der Waals surface area contributed by atoms with Crippen molar-refractivity contribution in [2.45, 2.75) is 70.4 Å². The number of nitrogens with two attached hydrogens (primary N) is 1. The number of Topliss-reactive ketones (excluding diaryl/α,β-unsaturated/α-hetero) is 1. The number of ketones is 1. The van der Waals surface area contributed by atoms with Crippen LogP contribution in [-0.2, 0) is 10.2 Å². The second kappa shape index (κ2) is 12.4. The maximum Gasteiger partial charge on any atom is 0.164 e. The highest BCUT2D eigenvalue weighted by atomic mass is 16.5. The highest BCUT2D eigenvalue weighted by molar-refractivity contribution is 5.98. The molecule has 1 saturated carbocycles. The number of hydrogen-bond acceptors (Lipinski definition) is 9. The van der Waals surface area contributed by atoms with E-state index in [1.54, 1.807) is 0 Å². The SMILES string of the molecule is CN(C)[C@H](C(=O)CC1CCC(n2nc(-c3ccc(Oc4ccccc4)cc3)c3c(N)ncnc32)CC1)c1cc(C(C)(C)C)on1. The van der Waals surface area contributed by atoms with Crippen LogP contribution >= 0.6 is 0 Å². The van der Waals surface area contributed by atoms with Gasteiger partial charge in [-0.15, -0.1) is 0 Å². The molecule has 1 aliphatic rings. The molecular weight excluding hydrogens is 566 g/mol. The van der Waals surface area contributed by atoms with Crippen LogP contribution < -0.4 is 10.5 Å². The molecule has 1 fully saturated rings. The van der Waals surface area contributed by atoms with Gasteiger partial charge in [-0.2, -0.15) is 5.10 Å². The monoisotopic (exact) mass is 607 g/mol. The Balaban J connectivity index is 1.16. The summed E-state index contributed by atoms with van der Waals surface area (Å²) in [6.45, 7) is 6.23. The van der Waals surface area contributed by atoms with Crippen LogP contribution in [0.15, 0.2) is 71.5 Å². The summed E-state index contributed by atoms with van der Waals surface area (Å²) in [5, 5.41) is 10.1. The van der Waals surface area contributed by atoms with Gasteiger partial charge in [-0.1, -0.05) is 44.1 Å². The fourth-order valence-electron chi connectivity index (χ4n) is 6.24. The van der Waals surface area contributed by atoms with Crippen LogP contribution in [0.1, 0.15) is 76.4 Å². The molecule has 2 N–H and O–H groups in total. The number of anilines is 1. The predicted molar refractivity (Wildman–Crippen MR) is 174 cm³/mol. The van der Waals surface area contributed by atoms with Gasteiger partial charge in [0.1, 0.15) is 46.8 Å². The van der Waals surface area contributed by atoms with Crippen molar-refractivity contribution >= 4 is 22.6 Å². The third-order valence-electron chi connectivity index (χ3n) is 8.65. The molecule has 2 aromatic carbocycles. The van der Waals surface area contributed by atoms with Gasteiger partial charge in [0, 0.05) is 23.5 Å². The number of rotatable bonds is 9. The van der Waals surface area contributed by atoms with Crippen molar-refractivity contribution in [1.29, 1.82) is 0 Å². The first-order valence-electron chi connectivity index (χ1n) is 15.6. The van der Waals surface area contributed by atoms with Crippen molar-refractivity contribution in [2.75, 3.05) is 19.8 Å². The van der Waals surface area contributed by atoms with Gasteiger partial charge in [-0.05, 0) is 82.1 Å². The molecule has 3 heterocycles. The number of aromatic nitrogens is 5. The second-order valence-electron chi connectivity index (χ2n) is 13.3. The smallest absolute Gasteiger partial charge is 0.164 e. The Morgan fingerprint density at radius 1 is 1.02 bits per heavy atom. The van der Waals surface area contributed by atoms with Crippen LogP contribution in [0, 0.1) is 5.92 Å². The number of benzene rings is 2. The van der Waals surface area contributed by atoms with E-state index in [4.69, 9.17) is 20.1 Å². The fraction of sp³-hybridized carbons (Fsp3) is 0.400. The number of nitrogens with zero attached hydrogens (tertiary/aromatic N) is 6. The van der Waals surface area contributed by atoms with Crippen molar-refractivity contribution in [3.05, 3.63) is 78.4 Å². The molecule has 0 aliphatic heterocycles. The lowest BCUT2D eigenvalue weighted by atomic mass is 9.82. The summed E-state index contributed by atoms with van der Waals surface area (Å²) in [6.07, 6.45) is 5.64. The lowest BCUT2D eigenvalue weighted by Crippen LogP contribution is -2.30. The average molecular weight is 608 g/mol. The first-order chi connectivity index (χ1) is 21.6. The maximum atomic E-state index is 13.6. The van der Waals surface area contributed by atoms with E-state index in [1.807, 2.05) is 84.3 Å². The van der Waals surface area contributed by atoms with Crippen molar-refractivity contribution in [3.8, 4) is 22.8 Å². The zero-order valence-electron chi connectivity index (χ0n) is 26.6. The largest absolute Gasteiger partial charge is 0.457 e. The molecule has 0 unspecified atom stereocenters. The van der Waals surface area contributed by atoms with Crippen molar-refractivity contribution in [2.24, 2.45) is 5.92 Å². The van der Waals surface area contributed by atoms with Gasteiger partial charge in [-0.3, -0.25) is 9.69 Å². The van der Waals surface area contributed by atoms with Gasteiger partial charge in [0.15, 0.2) is 11.4 Å². The highest BCUT2D eigenvalue weighted by Gasteiger charge is 2.33. The van der Waals surface area contributed by atoms with E-state index in [1.165, 1.54) is 6.33 Å². The van der Waals surface area contributed by atoms with Crippen LogP contribution in [0.5, 0.6) is 11.5 Å². The Kier molecular flexibility index (Phi) is 8.42. The van der Waals surface area contributed by atoms with Gasteiger partial charge in [-0.25, -0.2) is 14.6 Å². The Bertz CT molecular complexity index is 1760. The molecule has 0 amide bonds. The number of hydrogen-bond donors (Lipinski definition) is 1. The third-order valence-corrected chi connectivity index (χ3v) is 8.65. The van der Waals surface area contributed by atoms with Crippen LogP contribution in [0.4, 0.5) is 5.82 Å². The number of fused-ring (bicyclic) bond motifs is 1. The van der Waals surface area contributed by atoms with Gasteiger partial charge >= 0.3 is 0 Å². The summed E-state index contributed by atoms with van der Waals surface area (Å²) in [5.74, 6) is 3.17. The highest BCUT2D eigenvalue weighted by Crippen LogP contribution is 2.39. The predicted octanol–water partition coefficient (Wildman–Crippen LogP) is 7.15. The number of ether oxygens (including phenoxy) is 1. The number of likely N-dealkylation sites (N-methyl/N-ethyl adjacent to an activating group) is 1. The van der Waals surface area contributed by atoms with Crippen LogP contribution in [0.3, 0.4) is 0 Å². The molecule has 0 bridgehead atoms. The minimum atomic E-state index is -0.427. The van der Waals surface area contributed by atoms with E-state index in [2.05, 4.69) is 35.9 Å². The average Bonchev–Trinajstić information content (AvgIpc) is 3.65. The standard InChI is InChI=1S/C35H41N7O3/c1-35(2,3)29-20-27(40-45-29)32(41(4)5)28(43)19-22-11-15-24(16-12-22)42-34-30(33(36)37-21-38-34)31(39-42)23-13-17-26(18-14-23)44-25-9-7-6-8-10-25/h6-10,13-14,17-18,20-22,24,32H,11-12,15-16,19H2,1-5H3,(H2,36,37,38)/t22?,24?,32-/m0/s1. The quantitative estimate of drug-likeness (QED) is 0.186. The Morgan fingerprint density at radius 2 is 1.71 bits per heavy atom. The molecule has 0 spiro atoms. The van der Waals surface area contributed by atoms with E-state index >= 15 is 0 Å². The molecule has 0 radical (unpaired) electrons. The summed E-state index contributed by atoms with van der Waals surface area (Å²) < 4.78 is 13.6. The fourth-order valence-corrected chi connectivity index (χ4v) is 6.24. The van der Waals surface area contributed by atoms with E-state index in [0.717, 1.165) is 65.2 Å². The summed E-state index contributed by atoms with van der Waals surface area (Å²) in [6, 6.07) is 19.2. The van der Waals surface area contributed by atoms with E-state index < -0.39 is 6.04 Å². The van der Waals surface area contributed by atoms with Gasteiger partial charge < -0.3 is 15.0 Å². The van der Waals surface area contributed by atoms with E-state index in [-0.39, 0.29) is 17.2 Å². The summed E-state index contributed by atoms with van der Waals surface area (Å²) in [7, 11) is 3.84. The molecule has 45 heavy (non-hydrogen) atoms. The molecule has 10 nitrogen and oxygen atoms in total. The number of carbonyl (C=O) groups excluding carboxylic acids is 1. The minimum absolute atomic E-state index is 0.150. The zero-order valence-corrected chi connectivity index (χ0v) is 26.6. The Labute approximate surface area is 263 Å². The zero-order chi connectivity index (χ0) is 31.7. The van der Waals surface area contributed by atoms with Crippen molar-refractivity contribution in [3.63, 3.8) is 0 Å². The lowest BCUT2D eigenvalue weighted by molar-refractivity contribution is -0.125. The lowest BCUT2D eigenvalue weighted by Gasteiger charge is -2.30. The van der Waals surface area contributed by atoms with Crippen LogP contribution in [-0.4, -0.2) is 49.7 Å². The number of para-hydroxylation sites is 1. The molecule has 1 aliphatic carbocycles. The summed E-state index contributed by atoms with van der Waals surface area (Å²) >= 11 is 0. The van der Waals surface area contributed by atoms with Crippen molar-refractivity contribution in [1.82, 2.24) is 29.8 Å². The van der Waals surface area contributed by atoms with Crippen LogP contribution in [0.25, 0.3) is 22.3 Å². The first kappa shape index (κ1) is 30.5. The van der Waals surface area contributed by atoms with E-state index in [0.29, 0.717) is 23.9 Å². The molecule has 1 atom stereocenters. The normalized spacial score (nSPS) is 17.9. The van der Waals surface area contributed by atoms with Gasteiger partial charge in [0.2, 0.25) is 0 Å². The minimum Gasteiger partial charge on any atom is -0.457 e. The Morgan fingerprint density at radius 3 is 2.36 bits per heavy atom. The maximum absolute atomic E-state index is 13.6. The summed E-state index contributed by atoms with van der Waals surface area (Å²) in [5.41, 5.74) is 9.29. The van der Waals surface area contributed by atoms with E-state index in [9.17, 15) is 4.79 Å². The molecule has 10 heteroatoms. The van der Waals surface area contributed by atoms with Gasteiger partial charge in [0.05, 0.1) is 11.4 Å². The second-order valence-corrected chi connectivity index (χ2v) is 13.3. The molecule has 6 rings (SSSR count).